The highest BCUT2D eigenvalue weighted by Crippen LogP contribution is 2.42. The third-order valence-corrected chi connectivity index (χ3v) is 3.82. The topological polar surface area (TPSA) is 188 Å². The molecule has 10 N–H and O–H groups in total. The quantitative estimate of drug-likeness (QED) is 0.249. The summed E-state index contributed by atoms with van der Waals surface area (Å²) in [5.41, 5.74) is 22.9. The first-order chi connectivity index (χ1) is 13.3. The van der Waals surface area contributed by atoms with Crippen LogP contribution in [0.4, 0.5) is 0 Å². The van der Waals surface area contributed by atoms with Crippen LogP contribution in [0.1, 0.15) is 17.2 Å². The first-order valence-corrected chi connectivity index (χ1v) is 8.17. The van der Waals surface area contributed by atoms with Crippen LogP contribution in [0.2, 0.25) is 0 Å². The first-order valence-electron chi connectivity index (χ1n) is 8.17. The molecule has 10 nitrogen and oxygen atoms in total. The van der Waals surface area contributed by atoms with Crippen LogP contribution in [0.15, 0.2) is 52.6 Å². The molecule has 1 aliphatic heterocycles. The number of hydrogen-bond donors (Lipinski definition) is 6. The van der Waals surface area contributed by atoms with Gasteiger partial charge in [0.2, 0.25) is 6.23 Å². The number of nitrogens with zero attached hydrogens (tertiary/aromatic N) is 2. The van der Waals surface area contributed by atoms with Crippen molar-refractivity contribution in [2.45, 2.75) is 12.3 Å². The van der Waals surface area contributed by atoms with E-state index in [4.69, 9.17) is 32.4 Å². The summed E-state index contributed by atoms with van der Waals surface area (Å²) in [5.74, 6) is 0.0818. The summed E-state index contributed by atoms with van der Waals surface area (Å²) in [6.07, 6.45) is 1.49. The number of fused-ring (bicyclic) bond motifs is 1. The van der Waals surface area contributed by atoms with Crippen LogP contribution in [0.5, 0.6) is 23.0 Å². The molecule has 3 rings (SSSR count). The predicted octanol–water partition coefficient (Wildman–Crippen LogP) is 0.454. The Bertz CT molecular complexity index is 965. The molecule has 2 aromatic carbocycles. The highest BCUT2D eigenvalue weighted by atomic mass is 16.6. The second-order valence-electron chi connectivity index (χ2n) is 5.92. The Labute approximate surface area is 160 Å². The predicted molar refractivity (Wildman–Crippen MR) is 105 cm³/mol. The molecule has 0 saturated heterocycles. The van der Waals surface area contributed by atoms with Gasteiger partial charge in [-0.05, 0) is 35.9 Å². The van der Waals surface area contributed by atoms with E-state index < -0.39 is 12.3 Å². The first kappa shape index (κ1) is 18.7. The van der Waals surface area contributed by atoms with E-state index in [9.17, 15) is 10.2 Å². The van der Waals surface area contributed by atoms with Crippen LogP contribution in [0.25, 0.3) is 6.08 Å². The third kappa shape index (κ3) is 4.18. The number of hydrogen-bond acceptors (Lipinski definition) is 6. The number of phenolic OH excluding ortho intramolecular Hbond substituents is 2. The lowest BCUT2D eigenvalue weighted by Crippen LogP contribution is -2.35. The normalized spacial score (nSPS) is 17.9. The Morgan fingerprint density at radius 3 is 2.36 bits per heavy atom. The van der Waals surface area contributed by atoms with Crippen molar-refractivity contribution in [2.75, 3.05) is 0 Å². The molecular weight excluding hydrogens is 364 g/mol. The number of nitrogens with two attached hydrogens (primary N) is 4. The molecule has 0 fully saturated rings. The number of rotatable bonds is 4. The van der Waals surface area contributed by atoms with Crippen molar-refractivity contribution in [3.63, 3.8) is 0 Å². The van der Waals surface area contributed by atoms with Crippen molar-refractivity contribution < 1.29 is 19.7 Å². The molecule has 0 bridgehead atoms. The van der Waals surface area contributed by atoms with E-state index in [1.807, 2.05) is 0 Å². The number of phenols is 2. The fourth-order valence-corrected chi connectivity index (χ4v) is 2.61. The third-order valence-electron chi connectivity index (χ3n) is 3.82. The summed E-state index contributed by atoms with van der Waals surface area (Å²) in [6.45, 7) is 0. The summed E-state index contributed by atoms with van der Waals surface area (Å²) < 4.78 is 11.9. The van der Waals surface area contributed by atoms with Crippen LogP contribution >= 0.6 is 0 Å². The van der Waals surface area contributed by atoms with Crippen molar-refractivity contribution in [1.82, 2.24) is 0 Å². The van der Waals surface area contributed by atoms with Crippen LogP contribution in [0.3, 0.4) is 0 Å². The van der Waals surface area contributed by atoms with Crippen molar-refractivity contribution in [1.29, 1.82) is 0 Å². The van der Waals surface area contributed by atoms with Crippen LogP contribution in [-0.2, 0) is 0 Å². The number of aromatic hydroxyl groups is 2. The fraction of sp³-hybridized carbons (Fsp3) is 0.111. The molecule has 0 amide bonds. The second kappa shape index (κ2) is 7.66. The van der Waals surface area contributed by atoms with E-state index >= 15 is 0 Å². The van der Waals surface area contributed by atoms with Crippen LogP contribution in [-0.4, -0.2) is 28.4 Å². The number of guanidine groups is 2. The molecule has 0 radical (unpaired) electrons. The van der Waals surface area contributed by atoms with Gasteiger partial charge in [-0.25, -0.2) is 9.98 Å². The molecule has 146 valence electrons. The summed E-state index contributed by atoms with van der Waals surface area (Å²) in [7, 11) is 0. The fourth-order valence-electron chi connectivity index (χ4n) is 2.61. The largest absolute Gasteiger partial charge is 0.504 e. The van der Waals surface area contributed by atoms with E-state index in [0.29, 0.717) is 17.1 Å². The van der Waals surface area contributed by atoms with Gasteiger partial charge in [-0.15, -0.1) is 0 Å². The Morgan fingerprint density at radius 2 is 1.68 bits per heavy atom. The SMILES string of the molecule is NC(N)=N/C=C/c1ccc2c(c1)O[C@@H](c1ccc(O)c(O)c1)[C@H](N=C(N)N)O2. The van der Waals surface area contributed by atoms with Crippen molar-refractivity contribution in [2.24, 2.45) is 32.9 Å². The maximum atomic E-state index is 9.81. The molecule has 10 heteroatoms. The molecule has 0 aromatic heterocycles. The minimum Gasteiger partial charge on any atom is -0.504 e. The van der Waals surface area contributed by atoms with Gasteiger partial charge in [0, 0.05) is 11.8 Å². The van der Waals surface area contributed by atoms with E-state index in [0.717, 1.165) is 5.56 Å². The number of benzene rings is 2. The zero-order chi connectivity index (χ0) is 20.3. The van der Waals surface area contributed by atoms with Crippen molar-refractivity contribution in [3.05, 3.63) is 53.7 Å². The minimum absolute atomic E-state index is 0.0546. The van der Waals surface area contributed by atoms with Gasteiger partial charge in [-0.3, -0.25) is 0 Å². The molecular formula is C18H20N6O4. The van der Waals surface area contributed by atoms with Gasteiger partial charge in [0.25, 0.3) is 0 Å². The lowest BCUT2D eigenvalue weighted by Gasteiger charge is -2.32. The van der Waals surface area contributed by atoms with Crippen molar-refractivity contribution in [3.8, 4) is 23.0 Å². The van der Waals surface area contributed by atoms with Gasteiger partial charge >= 0.3 is 0 Å². The second-order valence-corrected chi connectivity index (χ2v) is 5.92. The molecule has 28 heavy (non-hydrogen) atoms. The summed E-state index contributed by atoms with van der Waals surface area (Å²) in [5, 5.41) is 19.4. The maximum Gasteiger partial charge on any atom is 0.234 e. The molecule has 2 atom stereocenters. The van der Waals surface area contributed by atoms with Gasteiger partial charge in [-0.1, -0.05) is 12.1 Å². The Balaban J connectivity index is 1.97. The molecule has 1 aliphatic rings. The van der Waals surface area contributed by atoms with Crippen LogP contribution in [0, 0.1) is 0 Å². The smallest absolute Gasteiger partial charge is 0.234 e. The summed E-state index contributed by atoms with van der Waals surface area (Å²) >= 11 is 0. The summed E-state index contributed by atoms with van der Waals surface area (Å²) in [6, 6.07) is 9.47. The average molecular weight is 384 g/mol. The maximum absolute atomic E-state index is 9.81. The molecule has 0 unspecified atom stereocenters. The minimum atomic E-state index is -0.885. The van der Waals surface area contributed by atoms with Gasteiger partial charge in [0.05, 0.1) is 0 Å². The lowest BCUT2D eigenvalue weighted by atomic mass is 10.1. The molecule has 0 spiro atoms. The van der Waals surface area contributed by atoms with E-state index in [1.165, 1.54) is 18.3 Å². The number of aliphatic imine (C=N–C) groups is 2. The summed E-state index contributed by atoms with van der Waals surface area (Å²) in [4.78, 5) is 7.84. The highest BCUT2D eigenvalue weighted by Gasteiger charge is 2.33. The zero-order valence-electron chi connectivity index (χ0n) is 14.7. The Hall–Kier alpha value is -4.08. The molecule has 2 aromatic rings. The molecule has 1 heterocycles. The van der Waals surface area contributed by atoms with Crippen molar-refractivity contribution >= 4 is 18.0 Å². The van der Waals surface area contributed by atoms with E-state index in [1.54, 1.807) is 30.3 Å². The van der Waals surface area contributed by atoms with Gasteiger partial charge < -0.3 is 42.6 Å². The lowest BCUT2D eigenvalue weighted by molar-refractivity contribution is 0.0248. The number of ether oxygens (including phenoxy) is 2. The zero-order valence-corrected chi connectivity index (χ0v) is 14.7. The standard InChI is InChI=1S/C18H20N6O4/c19-17(20)23-6-5-9-1-4-13-14(7-9)27-15(16(28-13)24-18(21)22)10-2-3-11(25)12(26)8-10/h1-8,15-16,25-26H,(H4,19,20,23)(H4,21,22,24)/b6-5+/t15-,16+/m0/s1. The van der Waals surface area contributed by atoms with Gasteiger partial charge in [0.15, 0.2) is 41.0 Å². The monoisotopic (exact) mass is 384 g/mol. The van der Waals surface area contributed by atoms with E-state index in [-0.39, 0.29) is 23.4 Å². The molecule has 0 aliphatic carbocycles. The van der Waals surface area contributed by atoms with E-state index in [2.05, 4.69) is 9.98 Å². The highest BCUT2D eigenvalue weighted by molar-refractivity contribution is 5.77. The van der Waals surface area contributed by atoms with Gasteiger partial charge in [-0.2, -0.15) is 0 Å². The molecule has 0 saturated carbocycles. The van der Waals surface area contributed by atoms with Crippen LogP contribution < -0.4 is 32.4 Å². The average Bonchev–Trinajstić information content (AvgIpc) is 2.63. The Kier molecular flexibility index (Phi) is 5.12. The Morgan fingerprint density at radius 1 is 0.893 bits per heavy atom. The van der Waals surface area contributed by atoms with Gasteiger partial charge in [0.1, 0.15) is 0 Å².